The van der Waals surface area contributed by atoms with Crippen molar-refractivity contribution in [2.24, 2.45) is 0 Å². The van der Waals surface area contributed by atoms with Crippen LogP contribution in [-0.4, -0.2) is 11.9 Å². The van der Waals surface area contributed by atoms with Crippen LogP contribution >= 0.6 is 15.9 Å². The summed E-state index contributed by atoms with van der Waals surface area (Å²) in [4.78, 5) is 12.5. The van der Waals surface area contributed by atoms with E-state index in [0.29, 0.717) is 0 Å². The van der Waals surface area contributed by atoms with Crippen LogP contribution in [0.25, 0.3) is 0 Å². The van der Waals surface area contributed by atoms with E-state index in [4.69, 9.17) is 0 Å². The minimum absolute atomic E-state index is 0.124. The maximum absolute atomic E-state index is 11.1. The van der Waals surface area contributed by atoms with E-state index < -0.39 is 0 Å². The van der Waals surface area contributed by atoms with E-state index in [1.165, 1.54) is 0 Å². The van der Waals surface area contributed by atoms with Crippen LogP contribution in [0.15, 0.2) is 18.2 Å². The topological polar surface area (TPSA) is 20.3 Å². The standard InChI is InChI=1S/C10H12BrNO/c1-7-4-5-8(2)9(6-7)12(3)10(11)13/h4-6H,1-3H3. The molecule has 0 aliphatic rings. The summed E-state index contributed by atoms with van der Waals surface area (Å²) in [6, 6.07) is 6.04. The fourth-order valence-electron chi connectivity index (χ4n) is 1.18. The van der Waals surface area contributed by atoms with Gasteiger partial charge in [-0.05, 0) is 31.0 Å². The average molecular weight is 242 g/mol. The smallest absolute Gasteiger partial charge is 0.293 e. The molecule has 3 heteroatoms. The summed E-state index contributed by atoms with van der Waals surface area (Å²) in [5.41, 5.74) is 3.20. The molecule has 0 aromatic heterocycles. The molecule has 0 radical (unpaired) electrons. The minimum atomic E-state index is -0.124. The van der Waals surface area contributed by atoms with Gasteiger partial charge in [0.2, 0.25) is 0 Å². The van der Waals surface area contributed by atoms with Gasteiger partial charge in [-0.2, -0.15) is 0 Å². The fraction of sp³-hybridized carbons (Fsp3) is 0.300. The third kappa shape index (κ3) is 2.31. The zero-order valence-corrected chi connectivity index (χ0v) is 9.55. The lowest BCUT2D eigenvalue weighted by Gasteiger charge is -2.16. The van der Waals surface area contributed by atoms with Gasteiger partial charge in [0.25, 0.3) is 4.82 Å². The summed E-state index contributed by atoms with van der Waals surface area (Å²) in [7, 11) is 1.75. The highest BCUT2D eigenvalue weighted by Crippen LogP contribution is 2.21. The maximum atomic E-state index is 11.1. The van der Waals surface area contributed by atoms with Crippen LogP contribution in [0.4, 0.5) is 10.5 Å². The number of aryl methyl sites for hydroxylation is 2. The van der Waals surface area contributed by atoms with Gasteiger partial charge in [-0.15, -0.1) is 0 Å². The van der Waals surface area contributed by atoms with E-state index in [0.717, 1.165) is 16.8 Å². The number of hydrogen-bond donors (Lipinski definition) is 0. The van der Waals surface area contributed by atoms with Crippen LogP contribution in [0, 0.1) is 13.8 Å². The Bertz CT molecular complexity index is 336. The van der Waals surface area contributed by atoms with E-state index in [-0.39, 0.29) is 4.82 Å². The molecule has 1 aromatic rings. The van der Waals surface area contributed by atoms with Gasteiger partial charge >= 0.3 is 0 Å². The molecule has 0 spiro atoms. The number of rotatable bonds is 1. The van der Waals surface area contributed by atoms with E-state index in [2.05, 4.69) is 15.9 Å². The van der Waals surface area contributed by atoms with Crippen molar-refractivity contribution >= 4 is 26.4 Å². The molecular formula is C10H12BrNO. The summed E-state index contributed by atoms with van der Waals surface area (Å²) in [6.07, 6.45) is 0. The van der Waals surface area contributed by atoms with Gasteiger partial charge in [0.1, 0.15) is 0 Å². The average Bonchev–Trinajstić information content (AvgIpc) is 2.08. The number of nitrogens with zero attached hydrogens (tertiary/aromatic N) is 1. The number of anilines is 1. The molecule has 0 unspecified atom stereocenters. The Kier molecular flexibility index (Phi) is 3.09. The molecule has 1 rings (SSSR count). The Labute approximate surface area is 86.7 Å². The highest BCUT2D eigenvalue weighted by molar-refractivity contribution is 9.18. The minimum Gasteiger partial charge on any atom is -0.306 e. The molecule has 2 nitrogen and oxygen atoms in total. The SMILES string of the molecule is Cc1ccc(C)c(N(C)C(=O)Br)c1. The van der Waals surface area contributed by atoms with Crippen LogP contribution in [-0.2, 0) is 0 Å². The zero-order chi connectivity index (χ0) is 10.0. The lowest BCUT2D eigenvalue weighted by molar-refractivity contribution is 0.267. The second-order valence-corrected chi connectivity index (χ2v) is 3.78. The van der Waals surface area contributed by atoms with E-state index in [9.17, 15) is 4.79 Å². The third-order valence-electron chi connectivity index (χ3n) is 1.99. The number of hydrogen-bond acceptors (Lipinski definition) is 1. The Morgan fingerprint density at radius 1 is 1.38 bits per heavy atom. The van der Waals surface area contributed by atoms with Crippen molar-refractivity contribution < 1.29 is 4.79 Å². The van der Waals surface area contributed by atoms with Crippen LogP contribution < -0.4 is 4.90 Å². The second-order valence-electron chi connectivity index (χ2n) is 3.10. The molecule has 0 saturated carbocycles. The summed E-state index contributed by atoms with van der Waals surface area (Å²) in [6.45, 7) is 4.00. The van der Waals surface area contributed by atoms with Crippen LogP contribution in [0.1, 0.15) is 11.1 Å². The van der Waals surface area contributed by atoms with Gasteiger partial charge in [0, 0.05) is 28.7 Å². The predicted molar refractivity (Wildman–Crippen MR) is 58.6 cm³/mol. The Morgan fingerprint density at radius 2 is 2.00 bits per heavy atom. The highest BCUT2D eigenvalue weighted by atomic mass is 79.9. The van der Waals surface area contributed by atoms with Gasteiger partial charge in [-0.3, -0.25) is 4.79 Å². The Hall–Kier alpha value is -0.830. The van der Waals surface area contributed by atoms with Crippen molar-refractivity contribution in [2.45, 2.75) is 13.8 Å². The van der Waals surface area contributed by atoms with Crippen molar-refractivity contribution in [3.05, 3.63) is 29.3 Å². The van der Waals surface area contributed by atoms with Crippen LogP contribution in [0.5, 0.6) is 0 Å². The maximum Gasteiger partial charge on any atom is 0.293 e. The first-order valence-corrected chi connectivity index (χ1v) is 4.82. The summed E-state index contributed by atoms with van der Waals surface area (Å²) >= 11 is 2.92. The number of benzene rings is 1. The van der Waals surface area contributed by atoms with E-state index in [1.807, 2.05) is 32.0 Å². The molecule has 0 atom stereocenters. The van der Waals surface area contributed by atoms with E-state index >= 15 is 0 Å². The molecule has 0 aliphatic heterocycles. The predicted octanol–water partition coefficient (Wildman–Crippen LogP) is 3.25. The summed E-state index contributed by atoms with van der Waals surface area (Å²) < 4.78 is 0. The molecule has 70 valence electrons. The van der Waals surface area contributed by atoms with Gasteiger partial charge in [-0.25, -0.2) is 0 Å². The van der Waals surface area contributed by atoms with Gasteiger partial charge in [0.05, 0.1) is 0 Å². The van der Waals surface area contributed by atoms with Crippen molar-refractivity contribution in [1.29, 1.82) is 0 Å². The second kappa shape index (κ2) is 3.92. The number of carbonyl (C=O) groups is 1. The lowest BCUT2D eigenvalue weighted by Crippen LogP contribution is -2.20. The van der Waals surface area contributed by atoms with Crippen molar-refractivity contribution in [3.8, 4) is 0 Å². The molecule has 1 aromatic carbocycles. The van der Waals surface area contributed by atoms with Gasteiger partial charge in [-0.1, -0.05) is 12.1 Å². The fourth-order valence-corrected chi connectivity index (χ4v) is 1.37. The van der Waals surface area contributed by atoms with Gasteiger partial charge < -0.3 is 4.90 Å². The molecule has 0 fully saturated rings. The molecule has 0 aliphatic carbocycles. The Balaban J connectivity index is 3.12. The number of carbonyl (C=O) groups excluding carboxylic acids is 1. The van der Waals surface area contributed by atoms with Crippen molar-refractivity contribution in [2.75, 3.05) is 11.9 Å². The van der Waals surface area contributed by atoms with E-state index in [1.54, 1.807) is 11.9 Å². The first kappa shape index (κ1) is 10.3. The first-order chi connectivity index (χ1) is 6.02. The highest BCUT2D eigenvalue weighted by Gasteiger charge is 2.09. The van der Waals surface area contributed by atoms with Gasteiger partial charge in [0.15, 0.2) is 0 Å². The summed E-state index contributed by atoms with van der Waals surface area (Å²) in [5.74, 6) is 0. The first-order valence-electron chi connectivity index (χ1n) is 4.03. The molecule has 0 bridgehead atoms. The number of halogens is 1. The quantitative estimate of drug-likeness (QED) is 0.546. The molecule has 0 saturated heterocycles. The largest absolute Gasteiger partial charge is 0.306 e. The molecule has 0 heterocycles. The zero-order valence-electron chi connectivity index (χ0n) is 7.97. The molecule has 1 amide bonds. The third-order valence-corrected chi connectivity index (χ3v) is 2.52. The number of amides is 1. The molecule has 13 heavy (non-hydrogen) atoms. The monoisotopic (exact) mass is 241 g/mol. The molecular weight excluding hydrogens is 230 g/mol. The lowest BCUT2D eigenvalue weighted by atomic mass is 10.1. The van der Waals surface area contributed by atoms with Crippen LogP contribution in [0.2, 0.25) is 0 Å². The van der Waals surface area contributed by atoms with Crippen molar-refractivity contribution in [3.63, 3.8) is 0 Å². The normalized spacial score (nSPS) is 9.85. The summed E-state index contributed by atoms with van der Waals surface area (Å²) in [5, 5.41) is 0. The Morgan fingerprint density at radius 3 is 2.54 bits per heavy atom. The van der Waals surface area contributed by atoms with Crippen molar-refractivity contribution in [1.82, 2.24) is 0 Å². The van der Waals surface area contributed by atoms with Crippen LogP contribution in [0.3, 0.4) is 0 Å². The molecule has 0 N–H and O–H groups in total.